The first-order valence-electron chi connectivity index (χ1n) is 6.89. The maximum Gasteiger partial charge on any atom is 0.261 e. The molecule has 0 spiro atoms. The number of amides is 2. The second-order valence-corrected chi connectivity index (χ2v) is 5.06. The minimum Gasteiger partial charge on any atom is -0.497 e. The summed E-state index contributed by atoms with van der Waals surface area (Å²) in [5, 5.41) is 10.3. The molecule has 0 saturated carbocycles. The largest absolute Gasteiger partial charge is 0.497 e. The number of imide groups is 1. The molecule has 1 heterocycles. The molecule has 5 nitrogen and oxygen atoms in total. The van der Waals surface area contributed by atoms with E-state index in [4.69, 9.17) is 4.74 Å². The number of carbonyl (C=O) groups is 2. The van der Waals surface area contributed by atoms with Crippen LogP contribution < -0.4 is 4.74 Å². The number of hydrogen-bond donors (Lipinski definition) is 1. The molecule has 1 N–H and O–H groups in total. The van der Waals surface area contributed by atoms with Gasteiger partial charge in [0.2, 0.25) is 0 Å². The van der Waals surface area contributed by atoms with Gasteiger partial charge in [-0.3, -0.25) is 14.5 Å². The van der Waals surface area contributed by atoms with E-state index in [1.165, 1.54) is 0 Å². The molecule has 22 heavy (non-hydrogen) atoms. The molecule has 0 radical (unpaired) electrons. The molecule has 2 amide bonds. The summed E-state index contributed by atoms with van der Waals surface area (Å²) >= 11 is 0. The molecule has 0 fully saturated rings. The van der Waals surface area contributed by atoms with Gasteiger partial charge < -0.3 is 9.84 Å². The van der Waals surface area contributed by atoms with Crippen molar-refractivity contribution < 1.29 is 19.4 Å². The lowest BCUT2D eigenvalue weighted by atomic mass is 10.1. The van der Waals surface area contributed by atoms with Crippen LogP contribution in [-0.4, -0.2) is 35.5 Å². The number of aliphatic hydroxyl groups is 1. The van der Waals surface area contributed by atoms with Crippen molar-refractivity contribution in [2.24, 2.45) is 0 Å². The Bertz CT molecular complexity index is 689. The predicted molar refractivity (Wildman–Crippen MR) is 79.8 cm³/mol. The average molecular weight is 297 g/mol. The fourth-order valence-corrected chi connectivity index (χ4v) is 2.51. The Balaban J connectivity index is 1.79. The Hall–Kier alpha value is -2.66. The van der Waals surface area contributed by atoms with Crippen LogP contribution in [0, 0.1) is 0 Å². The van der Waals surface area contributed by atoms with Gasteiger partial charge in [0.1, 0.15) is 5.75 Å². The van der Waals surface area contributed by atoms with Gasteiger partial charge in [-0.15, -0.1) is 0 Å². The van der Waals surface area contributed by atoms with Crippen LogP contribution in [0.15, 0.2) is 48.5 Å². The molecule has 5 heteroatoms. The van der Waals surface area contributed by atoms with Crippen LogP contribution in [0.2, 0.25) is 0 Å². The predicted octanol–water partition coefficient (Wildman–Crippen LogP) is 2.02. The number of carbonyl (C=O) groups excluding carboxylic acids is 2. The lowest BCUT2D eigenvalue weighted by Gasteiger charge is -2.19. The Morgan fingerprint density at radius 3 is 2.05 bits per heavy atom. The molecule has 0 aromatic heterocycles. The zero-order valence-corrected chi connectivity index (χ0v) is 12.0. The number of ether oxygens (including phenoxy) is 1. The average Bonchev–Trinajstić information content (AvgIpc) is 2.80. The molecule has 2 aromatic carbocycles. The smallest absolute Gasteiger partial charge is 0.261 e. The van der Waals surface area contributed by atoms with Crippen molar-refractivity contribution in [1.82, 2.24) is 4.90 Å². The summed E-state index contributed by atoms with van der Waals surface area (Å²) in [5.41, 5.74) is 1.39. The zero-order valence-electron chi connectivity index (χ0n) is 12.0. The zero-order chi connectivity index (χ0) is 15.7. The lowest BCUT2D eigenvalue weighted by molar-refractivity contribution is 0.0543. The van der Waals surface area contributed by atoms with E-state index < -0.39 is 6.10 Å². The SMILES string of the molecule is COc1ccc([C@H](O)CN2C(=O)c3ccccc3C2=O)cc1. The monoisotopic (exact) mass is 297 g/mol. The van der Waals surface area contributed by atoms with E-state index in [9.17, 15) is 14.7 Å². The molecular formula is C17H15NO4. The summed E-state index contributed by atoms with van der Waals surface area (Å²) in [6.45, 7) is -0.0708. The van der Waals surface area contributed by atoms with Crippen LogP contribution in [-0.2, 0) is 0 Å². The molecule has 1 aliphatic rings. The second kappa shape index (κ2) is 5.61. The maximum atomic E-state index is 12.2. The first-order chi connectivity index (χ1) is 10.6. The van der Waals surface area contributed by atoms with Crippen LogP contribution in [0.1, 0.15) is 32.4 Å². The van der Waals surface area contributed by atoms with E-state index in [-0.39, 0.29) is 18.4 Å². The third kappa shape index (κ3) is 2.35. The van der Waals surface area contributed by atoms with Crippen LogP contribution in [0.4, 0.5) is 0 Å². The highest BCUT2D eigenvalue weighted by Gasteiger charge is 2.36. The molecule has 0 bridgehead atoms. The summed E-state index contributed by atoms with van der Waals surface area (Å²) in [7, 11) is 1.56. The number of nitrogens with zero attached hydrogens (tertiary/aromatic N) is 1. The van der Waals surface area contributed by atoms with Gasteiger partial charge in [0.05, 0.1) is 30.9 Å². The molecule has 112 valence electrons. The van der Waals surface area contributed by atoms with Crippen molar-refractivity contribution in [1.29, 1.82) is 0 Å². The first-order valence-corrected chi connectivity index (χ1v) is 6.89. The van der Waals surface area contributed by atoms with E-state index in [0.717, 1.165) is 4.90 Å². The van der Waals surface area contributed by atoms with Crippen LogP contribution in [0.3, 0.4) is 0 Å². The topological polar surface area (TPSA) is 66.8 Å². The van der Waals surface area contributed by atoms with Gasteiger partial charge in [-0.2, -0.15) is 0 Å². The van der Waals surface area contributed by atoms with Crippen molar-refractivity contribution >= 4 is 11.8 Å². The molecule has 0 unspecified atom stereocenters. The van der Waals surface area contributed by atoms with E-state index in [1.54, 1.807) is 55.6 Å². The van der Waals surface area contributed by atoms with Crippen molar-refractivity contribution in [2.75, 3.05) is 13.7 Å². The van der Waals surface area contributed by atoms with Crippen LogP contribution >= 0.6 is 0 Å². The summed E-state index contributed by atoms with van der Waals surface area (Å²) in [6, 6.07) is 13.5. The first kappa shape index (κ1) is 14.3. The van der Waals surface area contributed by atoms with Crippen molar-refractivity contribution in [2.45, 2.75) is 6.10 Å². The fraction of sp³-hybridized carbons (Fsp3) is 0.176. The van der Waals surface area contributed by atoms with Gasteiger partial charge in [0.15, 0.2) is 0 Å². The highest BCUT2D eigenvalue weighted by Crippen LogP contribution is 2.25. The molecule has 1 atom stereocenters. The standard InChI is InChI=1S/C17H15NO4/c1-22-12-8-6-11(7-9-12)15(19)10-18-16(20)13-4-2-3-5-14(13)17(18)21/h2-9,15,19H,10H2,1H3/t15-/m1/s1. The van der Waals surface area contributed by atoms with E-state index >= 15 is 0 Å². The molecule has 2 aromatic rings. The Morgan fingerprint density at radius 1 is 1.00 bits per heavy atom. The molecular weight excluding hydrogens is 282 g/mol. The van der Waals surface area contributed by atoms with Gasteiger partial charge in [-0.1, -0.05) is 24.3 Å². The Kier molecular flexibility index (Phi) is 3.65. The quantitative estimate of drug-likeness (QED) is 0.877. The summed E-state index contributed by atoms with van der Waals surface area (Å²) in [5.74, 6) is -0.0574. The van der Waals surface area contributed by atoms with Gasteiger partial charge >= 0.3 is 0 Å². The molecule has 0 aliphatic carbocycles. The van der Waals surface area contributed by atoms with Gasteiger partial charge in [0.25, 0.3) is 11.8 Å². The van der Waals surface area contributed by atoms with E-state index in [0.29, 0.717) is 22.4 Å². The number of benzene rings is 2. The number of β-amino-alcohol motifs (C(OH)–C–C–N with tert-alkyl or cyclic N) is 1. The minimum absolute atomic E-state index is 0.0708. The van der Waals surface area contributed by atoms with Crippen LogP contribution in [0.5, 0.6) is 5.75 Å². The maximum absolute atomic E-state index is 12.2. The lowest BCUT2D eigenvalue weighted by Crippen LogP contribution is -2.33. The Labute approximate surface area is 127 Å². The fourth-order valence-electron chi connectivity index (χ4n) is 2.51. The normalized spacial score (nSPS) is 14.9. The van der Waals surface area contributed by atoms with Crippen LogP contribution in [0.25, 0.3) is 0 Å². The number of fused-ring (bicyclic) bond motifs is 1. The molecule has 0 saturated heterocycles. The summed E-state index contributed by atoms with van der Waals surface area (Å²) < 4.78 is 5.06. The Morgan fingerprint density at radius 2 is 1.55 bits per heavy atom. The number of methoxy groups -OCH3 is 1. The summed E-state index contributed by atoms with van der Waals surface area (Å²) in [6.07, 6.45) is -0.937. The molecule has 3 rings (SSSR count). The second-order valence-electron chi connectivity index (χ2n) is 5.06. The van der Waals surface area contributed by atoms with E-state index in [1.807, 2.05) is 0 Å². The number of aliphatic hydroxyl groups excluding tert-OH is 1. The number of rotatable bonds is 4. The minimum atomic E-state index is -0.937. The van der Waals surface area contributed by atoms with Gasteiger partial charge in [-0.25, -0.2) is 0 Å². The van der Waals surface area contributed by atoms with Gasteiger partial charge in [-0.05, 0) is 29.8 Å². The van der Waals surface area contributed by atoms with Gasteiger partial charge in [0, 0.05) is 0 Å². The third-order valence-corrected chi connectivity index (χ3v) is 3.73. The summed E-state index contributed by atoms with van der Waals surface area (Å²) in [4.78, 5) is 25.6. The third-order valence-electron chi connectivity index (χ3n) is 3.73. The van der Waals surface area contributed by atoms with E-state index in [2.05, 4.69) is 0 Å². The highest BCUT2D eigenvalue weighted by atomic mass is 16.5. The number of hydrogen-bond acceptors (Lipinski definition) is 4. The van der Waals surface area contributed by atoms with Crippen molar-refractivity contribution in [3.63, 3.8) is 0 Å². The van der Waals surface area contributed by atoms with Crippen molar-refractivity contribution in [3.05, 3.63) is 65.2 Å². The highest BCUT2D eigenvalue weighted by molar-refractivity contribution is 6.21. The van der Waals surface area contributed by atoms with Crippen molar-refractivity contribution in [3.8, 4) is 5.75 Å². The molecule has 1 aliphatic heterocycles.